The van der Waals surface area contributed by atoms with E-state index in [4.69, 9.17) is 11.6 Å². The quantitative estimate of drug-likeness (QED) is 0.849. The zero-order valence-corrected chi connectivity index (χ0v) is 12.1. The summed E-state index contributed by atoms with van der Waals surface area (Å²) in [5, 5.41) is 4.22. The lowest BCUT2D eigenvalue weighted by Gasteiger charge is -2.24. The molecule has 0 bridgehead atoms. The van der Waals surface area contributed by atoms with Crippen molar-refractivity contribution in [1.82, 2.24) is 10.2 Å². The third-order valence-corrected chi connectivity index (χ3v) is 4.45. The van der Waals surface area contributed by atoms with Crippen molar-refractivity contribution in [2.75, 3.05) is 19.6 Å². The Balaban J connectivity index is 1.60. The minimum absolute atomic E-state index is 0.108. The fraction of sp³-hybridized carbons (Fsp3) is 0.438. The van der Waals surface area contributed by atoms with Crippen LogP contribution in [0.4, 0.5) is 0 Å². The van der Waals surface area contributed by atoms with Crippen LogP contribution in [0.5, 0.6) is 0 Å². The molecule has 1 aromatic carbocycles. The van der Waals surface area contributed by atoms with E-state index in [1.165, 1.54) is 12.8 Å². The fourth-order valence-corrected chi connectivity index (χ4v) is 3.20. The zero-order chi connectivity index (χ0) is 13.9. The van der Waals surface area contributed by atoms with Crippen LogP contribution >= 0.6 is 11.6 Å². The standard InChI is InChI=1S/C16H19ClN2O/c17-14-6-3-12(4-7-14)5-8-16(20)19-10-13-2-1-9-18-15(13)11-19/h3-8,13,15,18H,1-2,9-11H2/b8-5+/t13-,15+/m0/s1. The van der Waals surface area contributed by atoms with Gasteiger partial charge in [0.2, 0.25) is 5.91 Å². The Labute approximate surface area is 124 Å². The lowest BCUT2D eigenvalue weighted by Crippen LogP contribution is -2.40. The highest BCUT2D eigenvalue weighted by molar-refractivity contribution is 6.30. The van der Waals surface area contributed by atoms with Crippen LogP contribution in [0.2, 0.25) is 5.02 Å². The van der Waals surface area contributed by atoms with E-state index in [-0.39, 0.29) is 5.91 Å². The molecule has 0 spiro atoms. The molecule has 1 amide bonds. The van der Waals surface area contributed by atoms with Crippen LogP contribution in [0, 0.1) is 5.92 Å². The van der Waals surface area contributed by atoms with Crippen molar-refractivity contribution in [3.05, 3.63) is 40.9 Å². The number of rotatable bonds is 2. The summed E-state index contributed by atoms with van der Waals surface area (Å²) >= 11 is 5.84. The average molecular weight is 291 g/mol. The predicted molar refractivity (Wildman–Crippen MR) is 81.6 cm³/mol. The molecule has 0 aromatic heterocycles. The molecule has 106 valence electrons. The lowest BCUT2D eigenvalue weighted by atomic mass is 9.94. The third kappa shape index (κ3) is 3.05. The molecule has 1 N–H and O–H groups in total. The van der Waals surface area contributed by atoms with Gasteiger partial charge < -0.3 is 10.2 Å². The maximum absolute atomic E-state index is 12.2. The summed E-state index contributed by atoms with van der Waals surface area (Å²) in [6, 6.07) is 7.99. The molecule has 2 aliphatic rings. The summed E-state index contributed by atoms with van der Waals surface area (Å²) in [7, 11) is 0. The van der Waals surface area contributed by atoms with Crippen LogP contribution < -0.4 is 5.32 Å². The first kappa shape index (κ1) is 13.7. The number of halogens is 1. The molecule has 2 aliphatic heterocycles. The first-order chi connectivity index (χ1) is 9.72. The third-order valence-electron chi connectivity index (χ3n) is 4.20. The largest absolute Gasteiger partial charge is 0.337 e. The molecule has 20 heavy (non-hydrogen) atoms. The van der Waals surface area contributed by atoms with Gasteiger partial charge in [-0.3, -0.25) is 4.79 Å². The number of carbonyl (C=O) groups is 1. The Hall–Kier alpha value is -1.32. The topological polar surface area (TPSA) is 32.3 Å². The maximum atomic E-state index is 12.2. The number of piperidine rings is 1. The van der Waals surface area contributed by atoms with Crippen LogP contribution in [0.15, 0.2) is 30.3 Å². The second kappa shape index (κ2) is 5.98. The molecular formula is C16H19ClN2O. The minimum atomic E-state index is 0.108. The highest BCUT2D eigenvalue weighted by atomic mass is 35.5. The summed E-state index contributed by atoms with van der Waals surface area (Å²) in [5.74, 6) is 0.743. The number of benzene rings is 1. The molecule has 4 heteroatoms. The molecule has 2 atom stereocenters. The van der Waals surface area contributed by atoms with Gasteiger partial charge in [-0.15, -0.1) is 0 Å². The highest BCUT2D eigenvalue weighted by Gasteiger charge is 2.35. The number of likely N-dealkylation sites (tertiary alicyclic amines) is 1. The van der Waals surface area contributed by atoms with Crippen LogP contribution in [0.3, 0.4) is 0 Å². The van der Waals surface area contributed by atoms with E-state index >= 15 is 0 Å². The Kier molecular flexibility index (Phi) is 4.08. The second-order valence-electron chi connectivity index (χ2n) is 5.59. The smallest absolute Gasteiger partial charge is 0.246 e. The van der Waals surface area contributed by atoms with Crippen LogP contribution in [-0.2, 0) is 4.79 Å². The van der Waals surface area contributed by atoms with Gasteiger partial charge in [-0.1, -0.05) is 23.7 Å². The number of carbonyl (C=O) groups excluding carboxylic acids is 1. The van der Waals surface area contributed by atoms with Gasteiger partial charge in [0.05, 0.1) is 0 Å². The SMILES string of the molecule is O=C(/C=C/c1ccc(Cl)cc1)N1C[C@@H]2CCCN[C@@H]2C1. The van der Waals surface area contributed by atoms with Gasteiger partial charge in [0.25, 0.3) is 0 Å². The number of hydrogen-bond donors (Lipinski definition) is 1. The average Bonchev–Trinajstić information content (AvgIpc) is 2.90. The molecule has 0 saturated carbocycles. The van der Waals surface area contributed by atoms with E-state index in [0.29, 0.717) is 17.0 Å². The van der Waals surface area contributed by atoms with E-state index in [1.807, 2.05) is 35.2 Å². The van der Waals surface area contributed by atoms with Crippen molar-refractivity contribution in [3.63, 3.8) is 0 Å². The molecule has 0 radical (unpaired) electrons. The summed E-state index contributed by atoms with van der Waals surface area (Å²) < 4.78 is 0. The van der Waals surface area contributed by atoms with Gasteiger partial charge in [0, 0.05) is 30.2 Å². The number of amides is 1. The van der Waals surface area contributed by atoms with Gasteiger partial charge in [-0.2, -0.15) is 0 Å². The van der Waals surface area contributed by atoms with Crippen molar-refractivity contribution >= 4 is 23.6 Å². The van der Waals surface area contributed by atoms with Crippen molar-refractivity contribution in [3.8, 4) is 0 Å². The fourth-order valence-electron chi connectivity index (χ4n) is 3.07. The molecule has 0 unspecified atom stereocenters. The number of nitrogens with zero attached hydrogens (tertiary/aromatic N) is 1. The summed E-state index contributed by atoms with van der Waals surface area (Å²) in [6.45, 7) is 2.82. The number of fused-ring (bicyclic) bond motifs is 1. The molecular weight excluding hydrogens is 272 g/mol. The van der Waals surface area contributed by atoms with Gasteiger partial charge in [-0.05, 0) is 49.1 Å². The predicted octanol–water partition coefficient (Wildman–Crippen LogP) is 2.56. The molecule has 2 fully saturated rings. The van der Waals surface area contributed by atoms with E-state index < -0.39 is 0 Å². The van der Waals surface area contributed by atoms with E-state index in [9.17, 15) is 4.79 Å². The van der Waals surface area contributed by atoms with Crippen molar-refractivity contribution in [1.29, 1.82) is 0 Å². The van der Waals surface area contributed by atoms with Crippen molar-refractivity contribution < 1.29 is 4.79 Å². The van der Waals surface area contributed by atoms with Gasteiger partial charge >= 0.3 is 0 Å². The normalized spacial score (nSPS) is 25.9. The van der Waals surface area contributed by atoms with Crippen LogP contribution in [0.25, 0.3) is 6.08 Å². The van der Waals surface area contributed by atoms with Gasteiger partial charge in [0.15, 0.2) is 0 Å². The Morgan fingerprint density at radius 2 is 2.10 bits per heavy atom. The minimum Gasteiger partial charge on any atom is -0.337 e. The zero-order valence-electron chi connectivity index (χ0n) is 11.4. The summed E-state index contributed by atoms with van der Waals surface area (Å²) in [4.78, 5) is 14.2. The van der Waals surface area contributed by atoms with Crippen molar-refractivity contribution in [2.24, 2.45) is 5.92 Å². The maximum Gasteiger partial charge on any atom is 0.246 e. The molecule has 3 nitrogen and oxygen atoms in total. The molecule has 0 aliphatic carbocycles. The van der Waals surface area contributed by atoms with Gasteiger partial charge in [0.1, 0.15) is 0 Å². The summed E-state index contributed by atoms with van der Waals surface area (Å²) in [5.41, 5.74) is 0.998. The van der Waals surface area contributed by atoms with Crippen molar-refractivity contribution in [2.45, 2.75) is 18.9 Å². The monoisotopic (exact) mass is 290 g/mol. The first-order valence-corrected chi connectivity index (χ1v) is 7.56. The number of hydrogen-bond acceptors (Lipinski definition) is 2. The van der Waals surface area contributed by atoms with Crippen LogP contribution in [-0.4, -0.2) is 36.5 Å². The summed E-state index contributed by atoms with van der Waals surface area (Å²) in [6.07, 6.45) is 5.99. The molecule has 2 heterocycles. The van der Waals surface area contributed by atoms with E-state index in [1.54, 1.807) is 6.08 Å². The Morgan fingerprint density at radius 3 is 2.85 bits per heavy atom. The molecule has 2 saturated heterocycles. The second-order valence-corrected chi connectivity index (χ2v) is 6.03. The lowest BCUT2D eigenvalue weighted by molar-refractivity contribution is -0.125. The Morgan fingerprint density at radius 1 is 1.30 bits per heavy atom. The van der Waals surface area contributed by atoms with Crippen LogP contribution in [0.1, 0.15) is 18.4 Å². The molecule has 1 aromatic rings. The van der Waals surface area contributed by atoms with E-state index in [0.717, 1.165) is 25.2 Å². The highest BCUT2D eigenvalue weighted by Crippen LogP contribution is 2.25. The Bertz CT molecular complexity index is 498. The number of nitrogens with one attached hydrogen (secondary N) is 1. The van der Waals surface area contributed by atoms with E-state index in [2.05, 4.69) is 5.32 Å². The molecule has 3 rings (SSSR count). The van der Waals surface area contributed by atoms with Gasteiger partial charge in [-0.25, -0.2) is 0 Å². The first-order valence-electron chi connectivity index (χ1n) is 7.18.